The second kappa shape index (κ2) is 6.61. The molecule has 0 saturated heterocycles. The van der Waals surface area contributed by atoms with E-state index >= 15 is 0 Å². The van der Waals surface area contributed by atoms with E-state index in [0.717, 1.165) is 5.56 Å². The predicted molar refractivity (Wildman–Crippen MR) is 67.8 cm³/mol. The fraction of sp³-hybridized carbons (Fsp3) is 0.0714. The molecule has 0 spiro atoms. The monoisotopic (exact) mass is 258 g/mol. The molecular weight excluding hydrogens is 247 g/mol. The van der Waals surface area contributed by atoms with E-state index in [4.69, 9.17) is 0 Å². The van der Waals surface area contributed by atoms with Crippen molar-refractivity contribution < 1.29 is 29.6 Å². The van der Waals surface area contributed by atoms with Crippen LogP contribution in [0.3, 0.4) is 0 Å². The number of rotatable bonds is 3. The van der Waals surface area contributed by atoms with Crippen LogP contribution in [0.2, 0.25) is 0 Å². The number of nitrogens with zero attached hydrogens (tertiary/aromatic N) is 4. The molecule has 1 aromatic heterocycles. The van der Waals surface area contributed by atoms with Crippen molar-refractivity contribution in [1.82, 2.24) is 20.6 Å². The van der Waals surface area contributed by atoms with Crippen molar-refractivity contribution in [3.8, 4) is 11.1 Å². The molecule has 0 atom stereocenters. The molecule has 88 valence electrons. The first-order chi connectivity index (χ1) is 8.92. The summed E-state index contributed by atoms with van der Waals surface area (Å²) in [4.78, 5) is 0. The van der Waals surface area contributed by atoms with E-state index in [0.29, 0.717) is 12.2 Å². The second-order valence-corrected chi connectivity index (χ2v) is 4.04. The van der Waals surface area contributed by atoms with Crippen LogP contribution in [0.1, 0.15) is 11.4 Å². The van der Waals surface area contributed by atoms with Gasteiger partial charge >= 0.3 is 29.6 Å². The van der Waals surface area contributed by atoms with Crippen molar-refractivity contribution in [2.45, 2.75) is 6.42 Å². The van der Waals surface area contributed by atoms with Crippen LogP contribution in [0.5, 0.6) is 0 Å². The normalized spacial score (nSPS) is 9.89. The van der Waals surface area contributed by atoms with Crippen LogP contribution in [0.25, 0.3) is 11.1 Å². The largest absolute Gasteiger partial charge is 1.00 e. The minimum atomic E-state index is 0. The van der Waals surface area contributed by atoms with Crippen LogP contribution in [-0.4, -0.2) is 15.5 Å². The molecule has 0 aliphatic carbocycles. The quantitative estimate of drug-likeness (QED) is 0.571. The standard InChI is InChI=1S/C14H11N4.Na/c1-2-6-12(7-3-1)13-8-4-5-11(9-13)10-14-15-17-18-16-14;/h1-9H,10H2;/q-1;+1. The van der Waals surface area contributed by atoms with Crippen LogP contribution < -0.4 is 34.7 Å². The van der Waals surface area contributed by atoms with Gasteiger partial charge in [-0.25, -0.2) is 0 Å². The zero-order chi connectivity index (χ0) is 12.2. The van der Waals surface area contributed by atoms with Crippen LogP contribution in [0.4, 0.5) is 0 Å². The molecule has 0 radical (unpaired) electrons. The Morgan fingerprint density at radius 2 is 1.68 bits per heavy atom. The average molecular weight is 258 g/mol. The van der Waals surface area contributed by atoms with Gasteiger partial charge in [-0.05, 0) is 16.7 Å². The molecule has 0 N–H and O–H groups in total. The molecular formula is C14H11N4Na. The average Bonchev–Trinajstić information content (AvgIpc) is 2.93. The molecule has 0 unspecified atom stereocenters. The van der Waals surface area contributed by atoms with Crippen molar-refractivity contribution in [3.05, 3.63) is 66.0 Å². The molecule has 2 aromatic carbocycles. The first-order valence-electron chi connectivity index (χ1n) is 5.74. The Morgan fingerprint density at radius 3 is 2.42 bits per heavy atom. The van der Waals surface area contributed by atoms with Gasteiger partial charge in [0.25, 0.3) is 0 Å². The van der Waals surface area contributed by atoms with Gasteiger partial charge in [-0.1, -0.05) is 54.6 Å². The maximum absolute atomic E-state index is 3.84. The van der Waals surface area contributed by atoms with Gasteiger partial charge in [0.1, 0.15) is 0 Å². The van der Waals surface area contributed by atoms with Crippen molar-refractivity contribution in [2.24, 2.45) is 0 Å². The van der Waals surface area contributed by atoms with E-state index in [1.54, 1.807) is 0 Å². The van der Waals surface area contributed by atoms with Gasteiger partial charge < -0.3 is 5.10 Å². The summed E-state index contributed by atoms with van der Waals surface area (Å²) < 4.78 is 0. The van der Waals surface area contributed by atoms with Crippen molar-refractivity contribution >= 4 is 0 Å². The summed E-state index contributed by atoms with van der Waals surface area (Å²) in [5.41, 5.74) is 3.56. The molecule has 1 heterocycles. The number of hydrogen-bond acceptors (Lipinski definition) is 3. The van der Waals surface area contributed by atoms with Crippen LogP contribution >= 0.6 is 0 Å². The Labute approximate surface area is 133 Å². The summed E-state index contributed by atoms with van der Waals surface area (Å²) in [6, 6.07) is 18.6. The van der Waals surface area contributed by atoms with E-state index in [1.807, 2.05) is 24.3 Å². The maximum Gasteiger partial charge on any atom is 1.00 e. The van der Waals surface area contributed by atoms with Gasteiger partial charge in [-0.15, -0.1) is 0 Å². The first-order valence-corrected chi connectivity index (χ1v) is 5.74. The van der Waals surface area contributed by atoms with E-state index in [1.165, 1.54) is 11.1 Å². The topological polar surface area (TPSA) is 52.8 Å². The minimum Gasteiger partial charge on any atom is -0.335 e. The second-order valence-electron chi connectivity index (χ2n) is 4.04. The van der Waals surface area contributed by atoms with Gasteiger partial charge in [0, 0.05) is 12.2 Å². The van der Waals surface area contributed by atoms with Crippen LogP contribution in [-0.2, 0) is 6.42 Å². The first kappa shape index (κ1) is 13.9. The van der Waals surface area contributed by atoms with Crippen molar-refractivity contribution in [2.75, 3.05) is 0 Å². The Bertz CT molecular complexity index is 623. The summed E-state index contributed by atoms with van der Waals surface area (Å²) in [5.74, 6) is 0.653. The summed E-state index contributed by atoms with van der Waals surface area (Å²) in [6.07, 6.45) is 0.660. The van der Waals surface area contributed by atoms with E-state index < -0.39 is 0 Å². The van der Waals surface area contributed by atoms with Gasteiger partial charge in [0.2, 0.25) is 0 Å². The van der Waals surface area contributed by atoms with Crippen molar-refractivity contribution in [3.63, 3.8) is 0 Å². The Hall–Kier alpha value is -1.49. The Balaban J connectivity index is 0.00000133. The van der Waals surface area contributed by atoms with E-state index in [9.17, 15) is 0 Å². The van der Waals surface area contributed by atoms with E-state index in [-0.39, 0.29) is 29.6 Å². The van der Waals surface area contributed by atoms with E-state index in [2.05, 4.69) is 51.0 Å². The van der Waals surface area contributed by atoms with Gasteiger partial charge in [-0.2, -0.15) is 5.21 Å². The number of hydrogen-bond donors (Lipinski definition) is 0. The molecule has 0 fully saturated rings. The SMILES string of the molecule is [Na+].c1ccc(-c2cccc(Cc3nnn[n-]3)c2)cc1. The molecule has 3 rings (SSSR count). The zero-order valence-corrected chi connectivity index (χ0v) is 12.7. The minimum absolute atomic E-state index is 0. The molecule has 0 bridgehead atoms. The summed E-state index contributed by atoms with van der Waals surface area (Å²) in [5, 5.41) is 14.7. The van der Waals surface area contributed by atoms with Gasteiger partial charge in [0.15, 0.2) is 0 Å². The van der Waals surface area contributed by atoms with Crippen LogP contribution in [0, 0.1) is 0 Å². The number of aromatic nitrogens is 4. The zero-order valence-electron chi connectivity index (χ0n) is 10.7. The fourth-order valence-electron chi connectivity index (χ4n) is 1.91. The van der Waals surface area contributed by atoms with Crippen LogP contribution in [0.15, 0.2) is 54.6 Å². The molecule has 3 aromatic rings. The molecule has 19 heavy (non-hydrogen) atoms. The molecule has 0 aliphatic rings. The summed E-state index contributed by atoms with van der Waals surface area (Å²) >= 11 is 0. The third kappa shape index (κ3) is 3.50. The predicted octanol–water partition coefficient (Wildman–Crippen LogP) is -0.909. The van der Waals surface area contributed by atoms with Gasteiger partial charge in [-0.3, -0.25) is 10.3 Å². The molecule has 0 aliphatic heterocycles. The van der Waals surface area contributed by atoms with Crippen molar-refractivity contribution in [1.29, 1.82) is 0 Å². The summed E-state index contributed by atoms with van der Waals surface area (Å²) in [6.45, 7) is 0. The molecule has 0 amide bonds. The fourth-order valence-corrected chi connectivity index (χ4v) is 1.91. The Kier molecular flexibility index (Phi) is 4.85. The number of benzene rings is 2. The maximum atomic E-state index is 3.84. The molecule has 5 heteroatoms. The Morgan fingerprint density at radius 1 is 0.895 bits per heavy atom. The molecule has 4 nitrogen and oxygen atoms in total. The van der Waals surface area contributed by atoms with Gasteiger partial charge in [0.05, 0.1) is 0 Å². The third-order valence-corrected chi connectivity index (χ3v) is 2.76. The summed E-state index contributed by atoms with van der Waals surface area (Å²) in [7, 11) is 0. The smallest absolute Gasteiger partial charge is 0.335 e. The number of tetrazole rings is 1. The third-order valence-electron chi connectivity index (χ3n) is 2.76. The molecule has 0 saturated carbocycles.